The number of aliphatic hydroxyl groups is 1. The second kappa shape index (κ2) is 6.66. The van der Waals surface area contributed by atoms with Crippen molar-refractivity contribution in [2.75, 3.05) is 6.54 Å². The quantitative estimate of drug-likeness (QED) is 0.695. The largest absolute Gasteiger partial charge is 0.393 e. The first kappa shape index (κ1) is 13.2. The van der Waals surface area contributed by atoms with Gasteiger partial charge in [0.25, 0.3) is 0 Å². The first-order valence-electron chi connectivity index (χ1n) is 6.06. The van der Waals surface area contributed by atoms with Crippen molar-refractivity contribution in [2.24, 2.45) is 0 Å². The standard InChI is InChI=1S/C12H23N3O/c1-4-10(2)15-8-6-12(14-15)9-13-7-5-11(3)16/h6,8,10-11,13,16H,4-5,7,9H2,1-3H3. The predicted molar refractivity (Wildman–Crippen MR) is 65.2 cm³/mol. The second-order valence-electron chi connectivity index (χ2n) is 4.36. The van der Waals surface area contributed by atoms with Crippen molar-refractivity contribution in [2.45, 2.75) is 52.3 Å². The Morgan fingerprint density at radius 1 is 1.50 bits per heavy atom. The molecule has 0 aliphatic rings. The Kier molecular flexibility index (Phi) is 5.49. The number of nitrogens with zero attached hydrogens (tertiary/aromatic N) is 2. The molecule has 0 aromatic carbocycles. The number of hydrogen-bond acceptors (Lipinski definition) is 3. The molecule has 0 saturated heterocycles. The van der Waals surface area contributed by atoms with Gasteiger partial charge in [-0.15, -0.1) is 0 Å². The van der Waals surface area contributed by atoms with Crippen LogP contribution in [0.3, 0.4) is 0 Å². The Bertz CT molecular complexity index is 296. The Balaban J connectivity index is 2.29. The van der Waals surface area contributed by atoms with E-state index in [1.807, 2.05) is 16.9 Å². The van der Waals surface area contributed by atoms with E-state index in [4.69, 9.17) is 5.11 Å². The van der Waals surface area contributed by atoms with E-state index in [2.05, 4.69) is 24.3 Å². The molecule has 0 spiro atoms. The minimum absolute atomic E-state index is 0.231. The highest BCUT2D eigenvalue weighted by atomic mass is 16.3. The van der Waals surface area contributed by atoms with Crippen molar-refractivity contribution in [1.82, 2.24) is 15.1 Å². The van der Waals surface area contributed by atoms with Crippen LogP contribution in [0.4, 0.5) is 0 Å². The van der Waals surface area contributed by atoms with E-state index in [0.29, 0.717) is 6.04 Å². The summed E-state index contributed by atoms with van der Waals surface area (Å²) in [7, 11) is 0. The summed E-state index contributed by atoms with van der Waals surface area (Å²) in [5, 5.41) is 16.9. The molecule has 92 valence electrons. The fraction of sp³-hybridized carbons (Fsp3) is 0.750. The van der Waals surface area contributed by atoms with Crippen LogP contribution in [0.1, 0.15) is 45.3 Å². The number of aromatic nitrogens is 2. The van der Waals surface area contributed by atoms with Gasteiger partial charge in [-0.05, 0) is 39.3 Å². The van der Waals surface area contributed by atoms with E-state index in [9.17, 15) is 0 Å². The summed E-state index contributed by atoms with van der Waals surface area (Å²) >= 11 is 0. The molecule has 4 nitrogen and oxygen atoms in total. The Morgan fingerprint density at radius 2 is 2.25 bits per heavy atom. The zero-order chi connectivity index (χ0) is 12.0. The lowest BCUT2D eigenvalue weighted by Gasteiger charge is -2.08. The van der Waals surface area contributed by atoms with Crippen LogP contribution in [0.25, 0.3) is 0 Å². The molecule has 0 radical (unpaired) electrons. The zero-order valence-corrected chi connectivity index (χ0v) is 10.5. The van der Waals surface area contributed by atoms with Crippen LogP contribution in [0.2, 0.25) is 0 Å². The second-order valence-corrected chi connectivity index (χ2v) is 4.36. The molecule has 2 atom stereocenters. The van der Waals surface area contributed by atoms with Crippen molar-refractivity contribution in [1.29, 1.82) is 0 Å². The number of hydrogen-bond donors (Lipinski definition) is 2. The van der Waals surface area contributed by atoms with Gasteiger partial charge in [0.05, 0.1) is 11.8 Å². The number of nitrogens with one attached hydrogen (secondary N) is 1. The first-order valence-corrected chi connectivity index (χ1v) is 6.06. The zero-order valence-electron chi connectivity index (χ0n) is 10.5. The molecule has 0 fully saturated rings. The van der Waals surface area contributed by atoms with Gasteiger partial charge >= 0.3 is 0 Å². The molecule has 16 heavy (non-hydrogen) atoms. The van der Waals surface area contributed by atoms with Gasteiger partial charge < -0.3 is 10.4 Å². The number of aliphatic hydroxyl groups excluding tert-OH is 1. The van der Waals surface area contributed by atoms with Gasteiger partial charge in [-0.25, -0.2) is 0 Å². The van der Waals surface area contributed by atoms with Crippen LogP contribution in [-0.2, 0) is 6.54 Å². The normalized spacial score (nSPS) is 15.0. The van der Waals surface area contributed by atoms with Crippen molar-refractivity contribution in [3.63, 3.8) is 0 Å². The summed E-state index contributed by atoms with van der Waals surface area (Å²) in [6.45, 7) is 7.73. The molecule has 1 aromatic rings. The fourth-order valence-corrected chi connectivity index (χ4v) is 1.43. The van der Waals surface area contributed by atoms with Crippen molar-refractivity contribution >= 4 is 0 Å². The summed E-state index contributed by atoms with van der Waals surface area (Å²) in [5.41, 5.74) is 1.06. The van der Waals surface area contributed by atoms with E-state index < -0.39 is 0 Å². The van der Waals surface area contributed by atoms with E-state index in [0.717, 1.165) is 31.6 Å². The summed E-state index contributed by atoms with van der Waals surface area (Å²) < 4.78 is 2.01. The predicted octanol–water partition coefficient (Wildman–Crippen LogP) is 1.71. The van der Waals surface area contributed by atoms with Gasteiger partial charge in [0, 0.05) is 18.8 Å². The third-order valence-electron chi connectivity index (χ3n) is 2.75. The van der Waals surface area contributed by atoms with Crippen LogP contribution in [-0.4, -0.2) is 27.5 Å². The van der Waals surface area contributed by atoms with Gasteiger partial charge in [0.2, 0.25) is 0 Å². The molecule has 0 aliphatic carbocycles. The van der Waals surface area contributed by atoms with Crippen LogP contribution in [0.15, 0.2) is 12.3 Å². The highest BCUT2D eigenvalue weighted by molar-refractivity contribution is 4.99. The first-order chi connectivity index (χ1) is 7.63. The van der Waals surface area contributed by atoms with Gasteiger partial charge in [0.15, 0.2) is 0 Å². The molecule has 2 N–H and O–H groups in total. The Hall–Kier alpha value is -0.870. The van der Waals surface area contributed by atoms with Crippen LogP contribution in [0.5, 0.6) is 0 Å². The molecule has 0 saturated carbocycles. The van der Waals surface area contributed by atoms with E-state index in [1.54, 1.807) is 6.92 Å². The van der Waals surface area contributed by atoms with Gasteiger partial charge in [-0.3, -0.25) is 4.68 Å². The van der Waals surface area contributed by atoms with E-state index in [1.165, 1.54) is 0 Å². The Labute approximate surface area is 97.7 Å². The monoisotopic (exact) mass is 225 g/mol. The molecule has 0 aliphatic heterocycles. The maximum Gasteiger partial charge on any atom is 0.0762 e. The van der Waals surface area contributed by atoms with Crippen molar-refractivity contribution < 1.29 is 5.11 Å². The average Bonchev–Trinajstić information content (AvgIpc) is 2.71. The molecular weight excluding hydrogens is 202 g/mol. The third-order valence-corrected chi connectivity index (χ3v) is 2.75. The minimum atomic E-state index is -0.231. The lowest BCUT2D eigenvalue weighted by molar-refractivity contribution is 0.183. The van der Waals surface area contributed by atoms with E-state index >= 15 is 0 Å². The van der Waals surface area contributed by atoms with Gasteiger partial charge in [-0.2, -0.15) is 5.10 Å². The lowest BCUT2D eigenvalue weighted by atomic mass is 10.3. The molecule has 1 aromatic heterocycles. The highest BCUT2D eigenvalue weighted by Gasteiger charge is 2.04. The molecule has 4 heteroatoms. The SMILES string of the molecule is CCC(C)n1ccc(CNCCC(C)O)n1. The van der Waals surface area contributed by atoms with Crippen LogP contribution in [0, 0.1) is 0 Å². The third kappa shape index (κ3) is 4.33. The van der Waals surface area contributed by atoms with Crippen LogP contribution < -0.4 is 5.32 Å². The topological polar surface area (TPSA) is 50.1 Å². The van der Waals surface area contributed by atoms with Crippen molar-refractivity contribution in [3.8, 4) is 0 Å². The lowest BCUT2D eigenvalue weighted by Crippen LogP contribution is -2.19. The van der Waals surface area contributed by atoms with Gasteiger partial charge in [-0.1, -0.05) is 6.92 Å². The van der Waals surface area contributed by atoms with Gasteiger partial charge in [0.1, 0.15) is 0 Å². The smallest absolute Gasteiger partial charge is 0.0762 e. The van der Waals surface area contributed by atoms with Crippen LogP contribution >= 0.6 is 0 Å². The van der Waals surface area contributed by atoms with Crippen molar-refractivity contribution in [3.05, 3.63) is 18.0 Å². The Morgan fingerprint density at radius 3 is 2.88 bits per heavy atom. The molecule has 0 bridgehead atoms. The fourth-order valence-electron chi connectivity index (χ4n) is 1.43. The molecule has 0 amide bonds. The van der Waals surface area contributed by atoms with E-state index in [-0.39, 0.29) is 6.10 Å². The molecule has 1 heterocycles. The molecular formula is C12H23N3O. The maximum atomic E-state index is 9.10. The molecule has 2 unspecified atom stereocenters. The number of rotatable bonds is 7. The summed E-state index contributed by atoms with van der Waals surface area (Å²) in [4.78, 5) is 0. The summed E-state index contributed by atoms with van der Waals surface area (Å²) in [5.74, 6) is 0. The summed E-state index contributed by atoms with van der Waals surface area (Å²) in [6, 6.07) is 2.51. The summed E-state index contributed by atoms with van der Waals surface area (Å²) in [6.07, 6.45) is 3.67. The molecule has 1 rings (SSSR count). The maximum absolute atomic E-state index is 9.10. The highest BCUT2D eigenvalue weighted by Crippen LogP contribution is 2.08. The minimum Gasteiger partial charge on any atom is -0.393 e. The average molecular weight is 225 g/mol.